The molecule has 1 unspecified atom stereocenters. The van der Waals surface area contributed by atoms with E-state index in [0.717, 1.165) is 37.8 Å². The maximum absolute atomic E-state index is 12.1. The molecule has 2 aliphatic rings. The van der Waals surface area contributed by atoms with E-state index in [1.54, 1.807) is 11.0 Å². The lowest BCUT2D eigenvalue weighted by atomic mass is 9.54. The monoisotopic (exact) mass is 390 g/mol. The van der Waals surface area contributed by atoms with Crippen LogP contribution in [0.25, 0.3) is 0 Å². The number of nitrogens with zero attached hydrogens (tertiary/aromatic N) is 1. The molecule has 1 saturated heterocycles. The molecule has 1 spiro atoms. The fourth-order valence-corrected chi connectivity index (χ4v) is 4.65. The van der Waals surface area contributed by atoms with E-state index in [1.807, 2.05) is 26.8 Å². The Morgan fingerprint density at radius 3 is 2.48 bits per heavy atom. The highest BCUT2D eigenvalue weighted by Crippen LogP contribution is 2.56. The summed E-state index contributed by atoms with van der Waals surface area (Å²) in [6.07, 6.45) is 3.81. The molecular weight excluding hydrogens is 364 g/mol. The first-order valence-corrected chi connectivity index (χ1v) is 9.73. The highest BCUT2D eigenvalue weighted by Gasteiger charge is 2.55. The van der Waals surface area contributed by atoms with Crippen molar-refractivity contribution in [3.63, 3.8) is 0 Å². The van der Waals surface area contributed by atoms with E-state index >= 15 is 0 Å². The van der Waals surface area contributed by atoms with E-state index in [-0.39, 0.29) is 17.4 Å². The number of benzene rings is 1. The summed E-state index contributed by atoms with van der Waals surface area (Å²) in [6.45, 7) is 9.28. The number of hydrogen-bond donors (Lipinski definition) is 1. The minimum absolute atomic E-state index is 0.209. The maximum Gasteiger partial charge on any atom is 0.410 e. The summed E-state index contributed by atoms with van der Waals surface area (Å²) in [5.74, 6) is 0.712. The molecule has 1 heterocycles. The molecule has 1 aromatic carbocycles. The normalized spacial score (nSPS) is 19.8. The van der Waals surface area contributed by atoms with Gasteiger partial charge in [0.1, 0.15) is 5.60 Å². The van der Waals surface area contributed by atoms with Crippen molar-refractivity contribution < 1.29 is 14.3 Å². The number of nitrogens with one attached hydrogen (secondary N) is 1. The fraction of sp³-hybridized carbons (Fsp3) is 0.571. The molecular formula is C21H27ClN2O3. The fourth-order valence-electron chi connectivity index (χ4n) is 4.44. The molecule has 3 rings (SSSR count). The Hall–Kier alpha value is -1.88. The van der Waals surface area contributed by atoms with E-state index in [2.05, 4.69) is 6.92 Å². The van der Waals surface area contributed by atoms with Crippen molar-refractivity contribution in [3.8, 4) is 0 Å². The molecule has 1 aliphatic carbocycles. The van der Waals surface area contributed by atoms with E-state index in [0.29, 0.717) is 22.1 Å². The summed E-state index contributed by atoms with van der Waals surface area (Å²) < 4.78 is 5.43. The Bertz CT molecular complexity index is 770. The van der Waals surface area contributed by atoms with Gasteiger partial charge in [-0.3, -0.25) is 4.79 Å². The number of ether oxygens (including phenoxy) is 1. The van der Waals surface area contributed by atoms with Crippen LogP contribution in [0.15, 0.2) is 12.1 Å². The van der Waals surface area contributed by atoms with Crippen molar-refractivity contribution in [1.82, 2.24) is 4.90 Å². The Morgan fingerprint density at radius 2 is 1.96 bits per heavy atom. The number of aldehydes is 1. The summed E-state index contributed by atoms with van der Waals surface area (Å²) in [5, 5.41) is 8.09. The van der Waals surface area contributed by atoms with Crippen molar-refractivity contribution in [2.75, 3.05) is 13.1 Å². The number of carbonyl (C=O) groups is 2. The summed E-state index contributed by atoms with van der Waals surface area (Å²) in [5.41, 5.74) is 1.75. The van der Waals surface area contributed by atoms with Crippen LogP contribution in [0.4, 0.5) is 4.79 Å². The molecule has 1 amide bonds. The van der Waals surface area contributed by atoms with Gasteiger partial charge in [-0.2, -0.15) is 0 Å². The van der Waals surface area contributed by atoms with Crippen LogP contribution in [0, 0.1) is 16.7 Å². The van der Waals surface area contributed by atoms with Crippen molar-refractivity contribution >= 4 is 30.2 Å². The third kappa shape index (κ3) is 3.75. The summed E-state index contributed by atoms with van der Waals surface area (Å²) in [4.78, 5) is 25.3. The topological polar surface area (TPSA) is 70.5 Å². The van der Waals surface area contributed by atoms with Gasteiger partial charge in [-0.1, -0.05) is 24.6 Å². The molecule has 2 fully saturated rings. The lowest BCUT2D eigenvalue weighted by Gasteiger charge is -2.60. The van der Waals surface area contributed by atoms with Crippen LogP contribution in [0.5, 0.6) is 0 Å². The first-order chi connectivity index (χ1) is 12.6. The molecule has 5 nitrogen and oxygen atoms in total. The standard InChI is InChI=1S/C21H27ClN2O3/c1-13(15-5-6-18(22)17(10-25)16(15)9-23)14-7-21(8-14)11-24(12-21)19(26)27-20(2,3)4/h5-6,9-10,13-14,23H,7-8,11-12H2,1-4H3. The van der Waals surface area contributed by atoms with Crippen LogP contribution in [0.2, 0.25) is 5.02 Å². The minimum atomic E-state index is -0.468. The molecule has 146 valence electrons. The average molecular weight is 391 g/mol. The zero-order valence-electron chi connectivity index (χ0n) is 16.3. The van der Waals surface area contributed by atoms with Crippen LogP contribution in [0.1, 0.15) is 67.9 Å². The van der Waals surface area contributed by atoms with Gasteiger partial charge in [0.2, 0.25) is 0 Å². The number of rotatable bonds is 4. The molecule has 0 aromatic heterocycles. The number of hydrogen-bond acceptors (Lipinski definition) is 4. The molecule has 0 bridgehead atoms. The van der Waals surface area contributed by atoms with E-state index < -0.39 is 5.60 Å². The number of halogens is 1. The van der Waals surface area contributed by atoms with Gasteiger partial charge in [0, 0.05) is 35.8 Å². The number of likely N-dealkylation sites (tertiary alicyclic amines) is 1. The molecule has 1 atom stereocenters. The van der Waals surface area contributed by atoms with E-state index in [9.17, 15) is 9.59 Å². The molecule has 6 heteroatoms. The second kappa shape index (κ2) is 6.93. The Balaban J connectivity index is 1.62. The highest BCUT2D eigenvalue weighted by atomic mass is 35.5. The van der Waals surface area contributed by atoms with Gasteiger partial charge in [-0.05, 0) is 57.1 Å². The predicted molar refractivity (Wildman–Crippen MR) is 106 cm³/mol. The molecule has 1 N–H and O–H groups in total. The molecule has 1 saturated carbocycles. The molecule has 1 aliphatic heterocycles. The maximum atomic E-state index is 12.1. The van der Waals surface area contributed by atoms with Gasteiger partial charge >= 0.3 is 6.09 Å². The van der Waals surface area contributed by atoms with Gasteiger partial charge in [0.15, 0.2) is 6.29 Å². The van der Waals surface area contributed by atoms with E-state index in [1.165, 1.54) is 6.21 Å². The van der Waals surface area contributed by atoms with Crippen LogP contribution in [0.3, 0.4) is 0 Å². The number of amides is 1. The van der Waals surface area contributed by atoms with Gasteiger partial charge < -0.3 is 15.0 Å². The zero-order chi connectivity index (χ0) is 20.0. The third-order valence-electron chi connectivity index (χ3n) is 5.82. The minimum Gasteiger partial charge on any atom is -0.444 e. The van der Waals surface area contributed by atoms with Crippen molar-refractivity contribution in [1.29, 1.82) is 5.41 Å². The summed E-state index contributed by atoms with van der Waals surface area (Å²) in [6, 6.07) is 3.67. The Kier molecular flexibility index (Phi) is 5.10. The summed E-state index contributed by atoms with van der Waals surface area (Å²) in [7, 11) is 0. The summed E-state index contributed by atoms with van der Waals surface area (Å²) >= 11 is 6.10. The van der Waals surface area contributed by atoms with Crippen LogP contribution >= 0.6 is 11.6 Å². The number of carbonyl (C=O) groups excluding carboxylic acids is 2. The van der Waals surface area contributed by atoms with Crippen molar-refractivity contribution in [2.45, 2.75) is 52.1 Å². The zero-order valence-corrected chi connectivity index (χ0v) is 17.1. The molecule has 0 radical (unpaired) electrons. The predicted octanol–water partition coefficient (Wildman–Crippen LogP) is 4.90. The van der Waals surface area contributed by atoms with E-state index in [4.69, 9.17) is 21.7 Å². The van der Waals surface area contributed by atoms with Gasteiger partial charge in [0.25, 0.3) is 0 Å². The second-order valence-electron chi connectivity index (χ2n) is 9.02. The lowest BCUT2D eigenvalue weighted by Crippen LogP contribution is -2.64. The second-order valence-corrected chi connectivity index (χ2v) is 9.43. The van der Waals surface area contributed by atoms with Crippen molar-refractivity contribution in [2.24, 2.45) is 11.3 Å². The van der Waals surface area contributed by atoms with Gasteiger partial charge in [0.05, 0.1) is 5.02 Å². The largest absolute Gasteiger partial charge is 0.444 e. The lowest BCUT2D eigenvalue weighted by molar-refractivity contribution is -0.0995. The average Bonchev–Trinajstić information content (AvgIpc) is 2.49. The van der Waals surface area contributed by atoms with Crippen LogP contribution in [-0.4, -0.2) is 42.2 Å². The first-order valence-electron chi connectivity index (χ1n) is 9.35. The van der Waals surface area contributed by atoms with Crippen molar-refractivity contribution in [3.05, 3.63) is 33.8 Å². The quantitative estimate of drug-likeness (QED) is 0.587. The van der Waals surface area contributed by atoms with Crippen LogP contribution < -0.4 is 0 Å². The van der Waals surface area contributed by atoms with Gasteiger partial charge in [-0.25, -0.2) is 4.79 Å². The Labute approximate surface area is 165 Å². The Morgan fingerprint density at radius 1 is 1.33 bits per heavy atom. The first kappa shape index (κ1) is 19.9. The highest BCUT2D eigenvalue weighted by molar-refractivity contribution is 6.33. The molecule has 27 heavy (non-hydrogen) atoms. The third-order valence-corrected chi connectivity index (χ3v) is 6.15. The van der Waals surface area contributed by atoms with Gasteiger partial charge in [-0.15, -0.1) is 0 Å². The van der Waals surface area contributed by atoms with Crippen LogP contribution in [-0.2, 0) is 4.74 Å². The smallest absolute Gasteiger partial charge is 0.410 e. The SMILES string of the molecule is CC(c1ccc(Cl)c(C=O)c1C=N)C1CC2(C1)CN(C(=O)OC(C)(C)C)C2. The molecule has 1 aromatic rings.